The van der Waals surface area contributed by atoms with E-state index < -0.39 is 0 Å². The van der Waals surface area contributed by atoms with Gasteiger partial charge in [-0.05, 0) is 42.2 Å². The highest BCUT2D eigenvalue weighted by atomic mass is 16.5. The highest BCUT2D eigenvalue weighted by molar-refractivity contribution is 5.29. The Balaban J connectivity index is 1.37. The van der Waals surface area contributed by atoms with Gasteiger partial charge in [-0.25, -0.2) is 0 Å². The van der Waals surface area contributed by atoms with Gasteiger partial charge in [0.2, 0.25) is 0 Å². The van der Waals surface area contributed by atoms with Gasteiger partial charge in [-0.15, -0.1) is 0 Å². The third kappa shape index (κ3) is 3.32. The Morgan fingerprint density at radius 1 is 0.905 bits per heavy atom. The molecule has 2 unspecified atom stereocenters. The van der Waals surface area contributed by atoms with Crippen LogP contribution in [-0.2, 0) is 4.74 Å². The molecule has 1 N–H and O–H groups in total. The van der Waals surface area contributed by atoms with Gasteiger partial charge in [0, 0.05) is 13.1 Å². The summed E-state index contributed by atoms with van der Waals surface area (Å²) in [5.74, 6) is 1.76. The number of hydrogen-bond donors (Lipinski definition) is 1. The first kappa shape index (κ1) is 13.8. The fraction of sp³-hybridized carbons (Fsp3) is 0.684. The van der Waals surface area contributed by atoms with Crippen molar-refractivity contribution in [2.45, 2.75) is 63.1 Å². The van der Waals surface area contributed by atoms with Gasteiger partial charge in [0.05, 0.1) is 12.2 Å². The fourth-order valence-corrected chi connectivity index (χ4v) is 4.06. The molecule has 0 aromatic heterocycles. The SMILES string of the molecule is c1cc(C2CNCC(CC3CCCC3)O2)ccc1C1CC1. The molecule has 2 saturated carbocycles. The van der Waals surface area contributed by atoms with Crippen LogP contribution in [0.2, 0.25) is 0 Å². The summed E-state index contributed by atoms with van der Waals surface area (Å²) >= 11 is 0. The summed E-state index contributed by atoms with van der Waals surface area (Å²) in [4.78, 5) is 0. The molecule has 114 valence electrons. The van der Waals surface area contributed by atoms with Gasteiger partial charge in [0.15, 0.2) is 0 Å². The van der Waals surface area contributed by atoms with E-state index in [4.69, 9.17) is 4.74 Å². The van der Waals surface area contributed by atoms with Crippen LogP contribution in [0, 0.1) is 5.92 Å². The standard InChI is InChI=1S/C19H27NO/c1-2-4-14(3-1)11-18-12-20-13-19(21-18)17-9-7-16(8-10-17)15-5-6-15/h7-10,14-15,18-20H,1-6,11-13H2. The van der Waals surface area contributed by atoms with Gasteiger partial charge >= 0.3 is 0 Å². The molecule has 1 aromatic carbocycles. The number of morpholine rings is 1. The second-order valence-electron chi connectivity index (χ2n) is 7.23. The van der Waals surface area contributed by atoms with Crippen molar-refractivity contribution in [3.8, 4) is 0 Å². The summed E-state index contributed by atoms with van der Waals surface area (Å²) in [6.07, 6.45) is 10.4. The van der Waals surface area contributed by atoms with Crippen LogP contribution in [0.3, 0.4) is 0 Å². The Morgan fingerprint density at radius 2 is 1.62 bits per heavy atom. The van der Waals surface area contributed by atoms with Crippen LogP contribution in [0.1, 0.15) is 68.1 Å². The van der Waals surface area contributed by atoms with E-state index in [9.17, 15) is 0 Å². The molecule has 3 aliphatic rings. The van der Waals surface area contributed by atoms with E-state index >= 15 is 0 Å². The molecule has 2 heteroatoms. The average molecular weight is 285 g/mol. The minimum Gasteiger partial charge on any atom is -0.368 e. The van der Waals surface area contributed by atoms with E-state index in [1.165, 1.54) is 56.1 Å². The summed E-state index contributed by atoms with van der Waals surface area (Å²) in [5.41, 5.74) is 2.87. The highest BCUT2D eigenvalue weighted by Gasteiger charge is 2.28. The van der Waals surface area contributed by atoms with Crippen LogP contribution in [0.4, 0.5) is 0 Å². The van der Waals surface area contributed by atoms with Crippen molar-refractivity contribution in [3.63, 3.8) is 0 Å². The number of benzene rings is 1. The zero-order valence-corrected chi connectivity index (χ0v) is 12.9. The van der Waals surface area contributed by atoms with Crippen LogP contribution in [0.5, 0.6) is 0 Å². The predicted octanol–water partition coefficient (Wildman–Crippen LogP) is 4.17. The van der Waals surface area contributed by atoms with E-state index in [-0.39, 0.29) is 6.10 Å². The maximum Gasteiger partial charge on any atom is 0.0953 e. The molecule has 0 spiro atoms. The summed E-state index contributed by atoms with van der Waals surface area (Å²) < 4.78 is 6.39. The van der Waals surface area contributed by atoms with E-state index in [1.807, 2.05) is 0 Å². The third-order valence-electron chi connectivity index (χ3n) is 5.49. The van der Waals surface area contributed by atoms with Crippen molar-refractivity contribution in [3.05, 3.63) is 35.4 Å². The zero-order chi connectivity index (χ0) is 14.1. The molecule has 1 aromatic rings. The second kappa shape index (κ2) is 6.10. The highest BCUT2D eigenvalue weighted by Crippen LogP contribution is 2.40. The minimum absolute atomic E-state index is 0.249. The lowest BCUT2D eigenvalue weighted by Crippen LogP contribution is -2.41. The van der Waals surface area contributed by atoms with E-state index in [1.54, 1.807) is 0 Å². The number of rotatable bonds is 4. The summed E-state index contributed by atoms with van der Waals surface area (Å²) in [5, 5.41) is 3.58. The van der Waals surface area contributed by atoms with Crippen LogP contribution in [0.15, 0.2) is 24.3 Å². The van der Waals surface area contributed by atoms with Crippen molar-refractivity contribution in [1.29, 1.82) is 0 Å². The van der Waals surface area contributed by atoms with E-state index in [0.717, 1.165) is 24.9 Å². The Kier molecular flexibility index (Phi) is 4.00. The Morgan fingerprint density at radius 3 is 2.33 bits per heavy atom. The van der Waals surface area contributed by atoms with Crippen LogP contribution in [0.25, 0.3) is 0 Å². The lowest BCUT2D eigenvalue weighted by Gasteiger charge is -2.32. The molecular formula is C19H27NO. The van der Waals surface area contributed by atoms with Gasteiger partial charge in [-0.3, -0.25) is 0 Å². The van der Waals surface area contributed by atoms with Crippen molar-refractivity contribution in [2.75, 3.05) is 13.1 Å². The van der Waals surface area contributed by atoms with Crippen LogP contribution in [-0.4, -0.2) is 19.2 Å². The molecule has 2 atom stereocenters. The van der Waals surface area contributed by atoms with Gasteiger partial charge < -0.3 is 10.1 Å². The smallest absolute Gasteiger partial charge is 0.0953 e. The largest absolute Gasteiger partial charge is 0.368 e. The minimum atomic E-state index is 0.249. The molecule has 1 aliphatic heterocycles. The molecule has 1 saturated heterocycles. The third-order valence-corrected chi connectivity index (χ3v) is 5.49. The molecule has 0 amide bonds. The lowest BCUT2D eigenvalue weighted by molar-refractivity contribution is -0.0489. The number of nitrogens with one attached hydrogen (secondary N) is 1. The number of ether oxygens (including phenoxy) is 1. The zero-order valence-electron chi connectivity index (χ0n) is 12.9. The topological polar surface area (TPSA) is 21.3 Å². The summed E-state index contributed by atoms with van der Waals surface area (Å²) in [7, 11) is 0. The molecule has 0 radical (unpaired) electrons. The lowest BCUT2D eigenvalue weighted by atomic mass is 9.98. The molecule has 1 heterocycles. The monoisotopic (exact) mass is 285 g/mol. The van der Waals surface area contributed by atoms with Gasteiger partial charge in [0.1, 0.15) is 0 Å². The Bertz CT molecular complexity index is 459. The first-order valence-corrected chi connectivity index (χ1v) is 8.84. The van der Waals surface area contributed by atoms with Gasteiger partial charge in [0.25, 0.3) is 0 Å². The predicted molar refractivity (Wildman–Crippen MR) is 85.5 cm³/mol. The molecule has 0 bridgehead atoms. The Labute approximate surface area is 128 Å². The van der Waals surface area contributed by atoms with Crippen molar-refractivity contribution in [2.24, 2.45) is 5.92 Å². The van der Waals surface area contributed by atoms with Gasteiger partial charge in [-0.2, -0.15) is 0 Å². The maximum absolute atomic E-state index is 6.39. The van der Waals surface area contributed by atoms with Crippen LogP contribution < -0.4 is 5.32 Å². The molecule has 3 fully saturated rings. The van der Waals surface area contributed by atoms with Crippen LogP contribution >= 0.6 is 0 Å². The summed E-state index contributed by atoms with van der Waals surface area (Å²) in [6.45, 7) is 2.00. The molecule has 2 aliphatic carbocycles. The molecule has 2 nitrogen and oxygen atoms in total. The molecular weight excluding hydrogens is 258 g/mol. The average Bonchev–Trinajstić information content (AvgIpc) is 3.26. The van der Waals surface area contributed by atoms with Crippen molar-refractivity contribution < 1.29 is 4.74 Å². The van der Waals surface area contributed by atoms with Gasteiger partial charge in [-0.1, -0.05) is 49.9 Å². The quantitative estimate of drug-likeness (QED) is 0.896. The maximum atomic E-state index is 6.39. The Hall–Kier alpha value is -0.860. The summed E-state index contributed by atoms with van der Waals surface area (Å²) in [6, 6.07) is 9.21. The van der Waals surface area contributed by atoms with E-state index in [2.05, 4.69) is 29.6 Å². The first-order valence-electron chi connectivity index (χ1n) is 8.84. The van der Waals surface area contributed by atoms with Crippen molar-refractivity contribution >= 4 is 0 Å². The molecule has 21 heavy (non-hydrogen) atoms. The first-order chi connectivity index (χ1) is 10.4. The second-order valence-corrected chi connectivity index (χ2v) is 7.23. The number of hydrogen-bond acceptors (Lipinski definition) is 2. The molecule has 4 rings (SSSR count). The normalized spacial score (nSPS) is 30.7. The van der Waals surface area contributed by atoms with E-state index in [0.29, 0.717) is 6.10 Å². The fourth-order valence-electron chi connectivity index (χ4n) is 4.06. The van der Waals surface area contributed by atoms with Crippen molar-refractivity contribution in [1.82, 2.24) is 5.32 Å².